The van der Waals surface area contributed by atoms with Crippen LogP contribution < -0.4 is 22.5 Å². The summed E-state index contributed by atoms with van der Waals surface area (Å²) in [6.45, 7) is 2.54. The van der Waals surface area contributed by atoms with Gasteiger partial charge in [-0.1, -0.05) is 24.3 Å². The summed E-state index contributed by atoms with van der Waals surface area (Å²) in [5.41, 5.74) is 20.4. The van der Waals surface area contributed by atoms with Crippen molar-refractivity contribution in [2.45, 2.75) is 12.1 Å². The molecule has 51 heavy (non-hydrogen) atoms. The highest BCUT2D eigenvalue weighted by Gasteiger charge is 2.23. The summed E-state index contributed by atoms with van der Waals surface area (Å²) in [6.07, 6.45) is 2.64. The van der Waals surface area contributed by atoms with E-state index < -0.39 is 5.97 Å². The highest BCUT2D eigenvalue weighted by Crippen LogP contribution is 2.28. The molecular weight excluding hydrogens is 662 g/mol. The predicted octanol–water partition coefficient (Wildman–Crippen LogP) is 4.21. The number of fused-ring (bicyclic) bond motifs is 2. The number of nitrogens with one attached hydrogen (secondary N) is 1. The second-order valence-corrected chi connectivity index (χ2v) is 11.6. The lowest BCUT2D eigenvalue weighted by Crippen LogP contribution is -2.48. The van der Waals surface area contributed by atoms with E-state index in [1.807, 2.05) is 0 Å². The fraction of sp³-hybridized carbons (Fsp3) is 0.167. The fourth-order valence-corrected chi connectivity index (χ4v) is 5.08. The van der Waals surface area contributed by atoms with Crippen LogP contribution in [0.1, 0.15) is 20.7 Å². The van der Waals surface area contributed by atoms with E-state index >= 15 is 0 Å². The van der Waals surface area contributed by atoms with Gasteiger partial charge in [-0.3, -0.25) is 4.79 Å². The van der Waals surface area contributed by atoms with E-state index in [0.717, 1.165) is 13.2 Å². The van der Waals surface area contributed by atoms with Gasteiger partial charge in [0.15, 0.2) is 0 Å². The number of carboxylic acid groups (broad SMARTS) is 1. The molecule has 8 rings (SSSR count). The first-order valence-electron chi connectivity index (χ1n) is 15.6. The molecule has 0 bridgehead atoms. The third-order valence-corrected chi connectivity index (χ3v) is 7.87. The van der Waals surface area contributed by atoms with Crippen LogP contribution in [0, 0.1) is 11.6 Å². The number of aromatic carboxylic acids is 1. The van der Waals surface area contributed by atoms with Gasteiger partial charge in [0.1, 0.15) is 34.3 Å². The summed E-state index contributed by atoms with van der Waals surface area (Å²) in [4.78, 5) is 40.3. The molecule has 1 amide bonds. The molecule has 2 aliphatic heterocycles. The van der Waals surface area contributed by atoms with Gasteiger partial charge in [-0.2, -0.15) is 0 Å². The lowest BCUT2D eigenvalue weighted by Gasteiger charge is -2.26. The summed E-state index contributed by atoms with van der Waals surface area (Å²) in [7, 11) is 0. The van der Waals surface area contributed by atoms with E-state index in [1.54, 1.807) is 48.5 Å². The van der Waals surface area contributed by atoms with E-state index in [4.69, 9.17) is 31.8 Å². The number of rotatable bonds is 5. The third kappa shape index (κ3) is 8.02. The highest BCUT2D eigenvalue weighted by molar-refractivity contribution is 6.08. The van der Waals surface area contributed by atoms with Gasteiger partial charge in [0.2, 0.25) is 0 Å². The smallest absolute Gasteiger partial charge is 0.337 e. The van der Waals surface area contributed by atoms with Gasteiger partial charge >= 0.3 is 5.97 Å². The van der Waals surface area contributed by atoms with Crippen LogP contribution >= 0.6 is 0 Å². The zero-order valence-corrected chi connectivity index (χ0v) is 26.9. The molecule has 2 aromatic carbocycles. The number of benzene rings is 2. The normalized spacial score (nSPS) is 13.9. The monoisotopic (exact) mass is 694 g/mol. The molecule has 13 nitrogen and oxygen atoms in total. The van der Waals surface area contributed by atoms with E-state index in [0.29, 0.717) is 63.6 Å². The zero-order valence-electron chi connectivity index (χ0n) is 26.9. The Morgan fingerprint density at radius 3 is 1.61 bits per heavy atom. The van der Waals surface area contributed by atoms with Gasteiger partial charge in [0, 0.05) is 34.3 Å². The first-order chi connectivity index (χ1) is 24.6. The molecule has 8 N–H and O–H groups in total. The number of hydrogen-bond acceptors (Lipinski definition) is 11. The van der Waals surface area contributed by atoms with Gasteiger partial charge in [-0.05, 0) is 48.5 Å². The minimum atomic E-state index is -1.10. The van der Waals surface area contributed by atoms with E-state index in [2.05, 4.69) is 25.3 Å². The van der Waals surface area contributed by atoms with Crippen LogP contribution in [0.15, 0.2) is 85.2 Å². The number of amides is 1. The fourth-order valence-electron chi connectivity index (χ4n) is 5.08. The number of nitrogens with two attached hydrogens (primary N) is 3. The number of aromatic nitrogens is 4. The average Bonchev–Trinajstić information content (AvgIpc) is 3.09. The molecule has 6 aromatic rings. The maximum Gasteiger partial charge on any atom is 0.337 e. The molecule has 0 unspecified atom stereocenters. The Labute approximate surface area is 289 Å². The van der Waals surface area contributed by atoms with Gasteiger partial charge in [-0.15, -0.1) is 0 Å². The summed E-state index contributed by atoms with van der Waals surface area (Å²) in [5, 5.41) is 13.0. The number of anilines is 2. The summed E-state index contributed by atoms with van der Waals surface area (Å²) >= 11 is 0. The Kier molecular flexibility index (Phi) is 10.3. The maximum atomic E-state index is 13.4. The molecule has 0 radical (unpaired) electrons. The quantitative estimate of drug-likeness (QED) is 0.172. The zero-order chi connectivity index (χ0) is 36.1. The molecule has 15 heteroatoms. The summed E-state index contributed by atoms with van der Waals surface area (Å²) in [6, 6.07) is 19.2. The van der Waals surface area contributed by atoms with Crippen LogP contribution in [0.2, 0.25) is 0 Å². The Morgan fingerprint density at radius 2 is 1.20 bits per heavy atom. The van der Waals surface area contributed by atoms with Crippen LogP contribution in [0.3, 0.4) is 0 Å². The summed E-state index contributed by atoms with van der Waals surface area (Å²) in [5.74, 6) is -1.72. The molecule has 2 saturated heterocycles. The average molecular weight is 695 g/mol. The van der Waals surface area contributed by atoms with Gasteiger partial charge < -0.3 is 37.1 Å². The Morgan fingerprint density at radius 1 is 0.725 bits per heavy atom. The lowest BCUT2D eigenvalue weighted by atomic mass is 10.1. The van der Waals surface area contributed by atoms with Crippen molar-refractivity contribution in [2.24, 2.45) is 5.73 Å². The van der Waals surface area contributed by atoms with Crippen LogP contribution in [-0.4, -0.2) is 75.4 Å². The molecule has 0 aliphatic carbocycles. The van der Waals surface area contributed by atoms with Gasteiger partial charge in [0.05, 0.1) is 61.0 Å². The minimum Gasteiger partial charge on any atom is -0.478 e. The first-order valence-corrected chi connectivity index (χ1v) is 15.6. The molecule has 0 atom stereocenters. The number of carbonyl (C=O) groups is 2. The molecule has 6 heterocycles. The molecule has 0 spiro atoms. The number of pyridine rings is 4. The molecule has 260 valence electrons. The number of carbonyl (C=O) groups excluding carboxylic acids is 1. The summed E-state index contributed by atoms with van der Waals surface area (Å²) < 4.78 is 36.5. The van der Waals surface area contributed by atoms with Crippen molar-refractivity contribution in [1.82, 2.24) is 25.3 Å². The number of halogens is 2. The Hall–Kier alpha value is -6.16. The van der Waals surface area contributed by atoms with Crippen LogP contribution in [0.5, 0.6) is 0 Å². The second-order valence-electron chi connectivity index (χ2n) is 11.6. The number of nitrogen functional groups attached to an aromatic ring is 2. The Balaban J connectivity index is 0.000000156. The van der Waals surface area contributed by atoms with E-state index in [9.17, 15) is 18.4 Å². The lowest BCUT2D eigenvalue weighted by molar-refractivity contribution is -0.00343. The van der Waals surface area contributed by atoms with Crippen molar-refractivity contribution in [3.05, 3.63) is 108 Å². The largest absolute Gasteiger partial charge is 0.478 e. The van der Waals surface area contributed by atoms with Gasteiger partial charge in [-0.25, -0.2) is 33.5 Å². The highest BCUT2D eigenvalue weighted by atomic mass is 19.1. The van der Waals surface area contributed by atoms with E-state index in [1.165, 1.54) is 36.7 Å². The van der Waals surface area contributed by atoms with Crippen LogP contribution in [-0.2, 0) is 9.47 Å². The molecule has 4 aromatic heterocycles. The molecule has 0 saturated carbocycles. The number of ether oxygens (including phenoxy) is 2. The van der Waals surface area contributed by atoms with Crippen molar-refractivity contribution in [1.29, 1.82) is 0 Å². The van der Waals surface area contributed by atoms with E-state index in [-0.39, 0.29) is 46.3 Å². The SMILES string of the molecule is NC1COC1.Nc1ncc(C(=O)NC2COC2)c2ccc(-c3cccc(F)c3)nc12.Nc1ncc(C(=O)O)c2ccc(-c3cccc(F)c3)nc12. The molecule has 2 fully saturated rings. The number of hydrogen-bond donors (Lipinski definition) is 5. The van der Waals surface area contributed by atoms with Crippen molar-refractivity contribution in [2.75, 3.05) is 37.9 Å². The second kappa shape index (κ2) is 15.2. The minimum absolute atomic E-state index is 0.0135. The van der Waals surface area contributed by atoms with Crippen molar-refractivity contribution in [3.63, 3.8) is 0 Å². The molecular formula is C36H32F2N8O5. The third-order valence-electron chi connectivity index (χ3n) is 7.87. The number of nitrogens with zero attached hydrogens (tertiary/aromatic N) is 4. The van der Waals surface area contributed by atoms with Crippen LogP contribution in [0.4, 0.5) is 20.4 Å². The molecule has 2 aliphatic rings. The standard InChI is InChI=1S/C18H15FN4O2.C15H10FN3O2.C3H7NO/c19-11-3-1-2-10(6-11)15-5-4-13-14(7-21-17(20)16(13)23-15)18(24)22-12-8-25-9-12;16-9-3-1-2-8(6-9)12-5-4-10-11(15(20)21)7-18-14(17)13(10)19-12;4-3-1-5-2-3/h1-7,12H,8-9H2,(H2,20,21)(H,22,24);1-7H,(H2,17,18)(H,20,21);3H,1-2,4H2. The van der Waals surface area contributed by atoms with Gasteiger partial charge in [0.25, 0.3) is 5.91 Å². The van der Waals surface area contributed by atoms with Crippen LogP contribution in [0.25, 0.3) is 44.3 Å². The number of carboxylic acids is 1. The maximum absolute atomic E-state index is 13.4. The Bertz CT molecular complexity index is 2250. The first kappa shape index (κ1) is 34.7. The topological polar surface area (TPSA) is 214 Å². The van der Waals surface area contributed by atoms with Crippen molar-refractivity contribution >= 4 is 45.3 Å². The van der Waals surface area contributed by atoms with Crippen molar-refractivity contribution < 1.29 is 33.0 Å². The van der Waals surface area contributed by atoms with Crippen molar-refractivity contribution in [3.8, 4) is 22.5 Å². The predicted molar refractivity (Wildman–Crippen MR) is 187 cm³/mol.